The molecular weight excluding hydrogens is 400 g/mol. The standard InChI is InChI=1S/C19H22N2O5S2/c1-13-6-7-18(14(2)10-13)28(25,26)21-16-5-3-4-15(11-16)19(22)20-17-8-9-27(23,24)12-17/h3-7,10-11,17,21H,8-9,12H2,1-2H3,(H,20,22)/t17-/m0/s1. The van der Waals surface area contributed by atoms with Gasteiger partial charge in [0.25, 0.3) is 15.9 Å². The molecule has 0 bridgehead atoms. The molecule has 2 N–H and O–H groups in total. The monoisotopic (exact) mass is 422 g/mol. The number of aryl methyl sites for hydroxylation is 2. The van der Waals surface area contributed by atoms with Gasteiger partial charge in [-0.05, 0) is 50.1 Å². The number of anilines is 1. The second-order valence-corrected chi connectivity index (χ2v) is 10.9. The number of amides is 1. The zero-order valence-corrected chi connectivity index (χ0v) is 17.2. The highest BCUT2D eigenvalue weighted by Gasteiger charge is 2.29. The Kier molecular flexibility index (Phi) is 5.49. The average molecular weight is 423 g/mol. The van der Waals surface area contributed by atoms with Crippen LogP contribution in [0.1, 0.15) is 27.9 Å². The van der Waals surface area contributed by atoms with Gasteiger partial charge in [-0.1, -0.05) is 23.8 Å². The fourth-order valence-electron chi connectivity index (χ4n) is 3.21. The maximum Gasteiger partial charge on any atom is 0.262 e. The van der Waals surface area contributed by atoms with Crippen molar-refractivity contribution in [3.63, 3.8) is 0 Å². The molecule has 1 amide bonds. The second kappa shape index (κ2) is 7.56. The van der Waals surface area contributed by atoms with Gasteiger partial charge in [0.2, 0.25) is 0 Å². The van der Waals surface area contributed by atoms with Gasteiger partial charge in [0.05, 0.1) is 16.4 Å². The van der Waals surface area contributed by atoms with Crippen LogP contribution in [0.25, 0.3) is 0 Å². The molecule has 0 aliphatic carbocycles. The van der Waals surface area contributed by atoms with Gasteiger partial charge in [-0.2, -0.15) is 0 Å². The van der Waals surface area contributed by atoms with Gasteiger partial charge in [-0.25, -0.2) is 16.8 Å². The molecule has 9 heteroatoms. The number of benzene rings is 2. The summed E-state index contributed by atoms with van der Waals surface area (Å²) in [6.45, 7) is 3.61. The van der Waals surface area contributed by atoms with Gasteiger partial charge < -0.3 is 5.32 Å². The number of hydrogen-bond donors (Lipinski definition) is 2. The number of sulfone groups is 1. The van der Waals surface area contributed by atoms with Crippen molar-refractivity contribution in [2.75, 3.05) is 16.2 Å². The number of rotatable bonds is 5. The first kappa shape index (κ1) is 20.3. The highest BCUT2D eigenvalue weighted by molar-refractivity contribution is 7.92. The van der Waals surface area contributed by atoms with Crippen LogP contribution in [-0.4, -0.2) is 40.3 Å². The van der Waals surface area contributed by atoms with Crippen LogP contribution in [0.4, 0.5) is 5.69 Å². The maximum atomic E-state index is 12.7. The summed E-state index contributed by atoms with van der Waals surface area (Å²) in [5.74, 6) is -0.444. The largest absolute Gasteiger partial charge is 0.348 e. The van der Waals surface area contributed by atoms with Crippen LogP contribution in [0.15, 0.2) is 47.4 Å². The smallest absolute Gasteiger partial charge is 0.262 e. The van der Waals surface area contributed by atoms with Crippen molar-refractivity contribution in [3.8, 4) is 0 Å². The molecule has 1 heterocycles. The fraction of sp³-hybridized carbons (Fsp3) is 0.316. The van der Waals surface area contributed by atoms with E-state index in [1.807, 2.05) is 6.92 Å². The lowest BCUT2D eigenvalue weighted by Crippen LogP contribution is -2.35. The summed E-state index contributed by atoms with van der Waals surface area (Å²) in [5, 5.41) is 2.69. The summed E-state index contributed by atoms with van der Waals surface area (Å²) >= 11 is 0. The Balaban J connectivity index is 1.76. The minimum absolute atomic E-state index is 0.0632. The highest BCUT2D eigenvalue weighted by atomic mass is 32.2. The average Bonchev–Trinajstić information content (AvgIpc) is 2.92. The molecule has 150 valence electrons. The molecule has 0 spiro atoms. The van der Waals surface area contributed by atoms with Crippen molar-refractivity contribution in [1.29, 1.82) is 0 Å². The molecule has 0 aromatic heterocycles. The van der Waals surface area contributed by atoms with Crippen LogP contribution in [0.2, 0.25) is 0 Å². The number of carbonyl (C=O) groups excluding carboxylic acids is 1. The summed E-state index contributed by atoms with van der Waals surface area (Å²) in [7, 11) is -6.90. The molecule has 2 aromatic carbocycles. The Bertz CT molecular complexity index is 1120. The lowest BCUT2D eigenvalue weighted by atomic mass is 10.1. The quantitative estimate of drug-likeness (QED) is 0.766. The molecule has 1 atom stereocenters. The number of sulfonamides is 1. The summed E-state index contributed by atoms with van der Waals surface area (Å²) in [4.78, 5) is 12.6. The normalized spacial score (nSPS) is 18.6. The van der Waals surface area contributed by atoms with Crippen LogP contribution >= 0.6 is 0 Å². The molecule has 0 unspecified atom stereocenters. The van der Waals surface area contributed by atoms with Gasteiger partial charge in [-0.15, -0.1) is 0 Å². The van der Waals surface area contributed by atoms with Gasteiger partial charge >= 0.3 is 0 Å². The molecule has 1 aliphatic heterocycles. The van der Waals surface area contributed by atoms with Crippen LogP contribution in [0.5, 0.6) is 0 Å². The number of nitrogens with one attached hydrogen (secondary N) is 2. The molecule has 3 rings (SSSR count). The molecule has 28 heavy (non-hydrogen) atoms. The first-order chi connectivity index (χ1) is 13.1. The fourth-order valence-corrected chi connectivity index (χ4v) is 6.16. The van der Waals surface area contributed by atoms with Gasteiger partial charge in [-0.3, -0.25) is 9.52 Å². The van der Waals surface area contributed by atoms with E-state index in [9.17, 15) is 21.6 Å². The van der Waals surface area contributed by atoms with Crippen molar-refractivity contribution in [2.45, 2.75) is 31.2 Å². The molecule has 7 nitrogen and oxygen atoms in total. The lowest BCUT2D eigenvalue weighted by Gasteiger charge is -2.13. The third kappa shape index (κ3) is 4.71. The SMILES string of the molecule is Cc1ccc(S(=O)(=O)Nc2cccc(C(=O)N[C@H]3CCS(=O)(=O)C3)c2)c(C)c1. The van der Waals surface area contributed by atoms with Gasteiger partial charge in [0.15, 0.2) is 9.84 Å². The Morgan fingerprint density at radius 2 is 1.86 bits per heavy atom. The molecule has 2 aromatic rings. The van der Waals surface area contributed by atoms with Crippen LogP contribution in [0, 0.1) is 13.8 Å². The van der Waals surface area contributed by atoms with E-state index in [-0.39, 0.29) is 27.7 Å². The van der Waals surface area contributed by atoms with E-state index in [2.05, 4.69) is 10.0 Å². The molecule has 1 saturated heterocycles. The zero-order valence-electron chi connectivity index (χ0n) is 15.6. The molecule has 1 fully saturated rings. The molecular formula is C19H22N2O5S2. The van der Waals surface area contributed by atoms with E-state index in [0.717, 1.165) is 5.56 Å². The van der Waals surface area contributed by atoms with Gasteiger partial charge in [0.1, 0.15) is 0 Å². The van der Waals surface area contributed by atoms with Crippen molar-refractivity contribution in [2.24, 2.45) is 0 Å². The van der Waals surface area contributed by atoms with Crippen molar-refractivity contribution < 1.29 is 21.6 Å². The van der Waals surface area contributed by atoms with E-state index in [0.29, 0.717) is 12.0 Å². The maximum absolute atomic E-state index is 12.7. The summed E-state index contributed by atoms with van der Waals surface area (Å²) in [5.41, 5.74) is 2.10. The van der Waals surface area contributed by atoms with Gasteiger partial charge in [0, 0.05) is 17.3 Å². The first-order valence-electron chi connectivity index (χ1n) is 8.77. The van der Waals surface area contributed by atoms with Crippen LogP contribution in [-0.2, 0) is 19.9 Å². The summed E-state index contributed by atoms with van der Waals surface area (Å²) < 4.78 is 50.9. The number of carbonyl (C=O) groups is 1. The minimum Gasteiger partial charge on any atom is -0.348 e. The second-order valence-electron chi connectivity index (χ2n) is 7.03. The summed E-state index contributed by atoms with van der Waals surface area (Å²) in [6, 6.07) is 10.7. The Morgan fingerprint density at radius 3 is 2.50 bits per heavy atom. The van der Waals surface area contributed by atoms with Crippen LogP contribution < -0.4 is 10.0 Å². The van der Waals surface area contributed by atoms with Crippen molar-refractivity contribution in [1.82, 2.24) is 5.32 Å². The Morgan fingerprint density at radius 1 is 1.11 bits per heavy atom. The van der Waals surface area contributed by atoms with E-state index >= 15 is 0 Å². The van der Waals surface area contributed by atoms with E-state index < -0.39 is 31.8 Å². The molecule has 0 saturated carbocycles. The Labute approximate surface area is 165 Å². The first-order valence-corrected chi connectivity index (χ1v) is 12.1. The number of hydrogen-bond acceptors (Lipinski definition) is 5. The zero-order chi connectivity index (χ0) is 20.5. The molecule has 0 radical (unpaired) electrons. The van der Waals surface area contributed by atoms with Crippen molar-refractivity contribution >= 4 is 31.5 Å². The van der Waals surface area contributed by atoms with E-state index in [1.54, 1.807) is 43.3 Å². The predicted octanol–water partition coefficient (Wildman–Crippen LogP) is 2.02. The van der Waals surface area contributed by atoms with E-state index in [4.69, 9.17) is 0 Å². The predicted molar refractivity (Wildman–Crippen MR) is 108 cm³/mol. The lowest BCUT2D eigenvalue weighted by molar-refractivity contribution is 0.0941. The third-order valence-electron chi connectivity index (χ3n) is 4.56. The third-order valence-corrected chi connectivity index (χ3v) is 7.87. The minimum atomic E-state index is -3.80. The topological polar surface area (TPSA) is 109 Å². The highest BCUT2D eigenvalue weighted by Crippen LogP contribution is 2.21. The molecule has 1 aliphatic rings. The Hall–Kier alpha value is -2.39. The van der Waals surface area contributed by atoms with Crippen LogP contribution in [0.3, 0.4) is 0 Å². The van der Waals surface area contributed by atoms with E-state index in [1.165, 1.54) is 6.07 Å². The van der Waals surface area contributed by atoms with Crippen molar-refractivity contribution in [3.05, 3.63) is 59.2 Å². The summed E-state index contributed by atoms with van der Waals surface area (Å²) in [6.07, 6.45) is 0.382.